The lowest BCUT2D eigenvalue weighted by Gasteiger charge is -2.17. The number of aromatic nitrogens is 4. The third-order valence-corrected chi connectivity index (χ3v) is 5.31. The summed E-state index contributed by atoms with van der Waals surface area (Å²) in [5, 5.41) is 17.7. The monoisotopic (exact) mass is 399 g/mol. The zero-order chi connectivity index (χ0) is 19.9. The molecule has 2 aromatic rings. The van der Waals surface area contributed by atoms with Gasteiger partial charge in [-0.2, -0.15) is 5.26 Å². The van der Waals surface area contributed by atoms with Crippen LogP contribution in [0.15, 0.2) is 29.6 Å². The van der Waals surface area contributed by atoms with Crippen molar-refractivity contribution in [3.63, 3.8) is 0 Å². The van der Waals surface area contributed by atoms with Gasteiger partial charge in [0.2, 0.25) is 11.8 Å². The van der Waals surface area contributed by atoms with Crippen LogP contribution in [0, 0.1) is 11.3 Å². The fraction of sp³-hybridized carbons (Fsp3) is 0.444. The van der Waals surface area contributed by atoms with Crippen molar-refractivity contribution in [3.8, 4) is 11.9 Å². The van der Waals surface area contributed by atoms with E-state index in [1.165, 1.54) is 16.7 Å². The molecular formula is C18H21N7O2S. The Labute approximate surface area is 167 Å². The Kier molecular flexibility index (Phi) is 6.60. The molecule has 1 aliphatic heterocycles. The first-order valence-electron chi connectivity index (χ1n) is 8.97. The minimum atomic E-state index is -0.0907. The molecule has 1 aliphatic rings. The maximum Gasteiger partial charge on any atom is 0.232 e. The van der Waals surface area contributed by atoms with Crippen LogP contribution >= 0.6 is 11.8 Å². The lowest BCUT2D eigenvalue weighted by atomic mass is 10.4. The molecule has 0 spiro atoms. The molecule has 0 N–H and O–H groups in total. The molecule has 0 bridgehead atoms. The van der Waals surface area contributed by atoms with E-state index in [9.17, 15) is 9.59 Å². The van der Waals surface area contributed by atoms with Crippen LogP contribution in [0.2, 0.25) is 0 Å². The van der Waals surface area contributed by atoms with Gasteiger partial charge in [-0.05, 0) is 18.6 Å². The van der Waals surface area contributed by atoms with Crippen molar-refractivity contribution < 1.29 is 9.59 Å². The number of pyridine rings is 1. The summed E-state index contributed by atoms with van der Waals surface area (Å²) in [6.45, 7) is 1.46. The van der Waals surface area contributed by atoms with Crippen molar-refractivity contribution in [2.75, 3.05) is 25.9 Å². The van der Waals surface area contributed by atoms with Gasteiger partial charge in [-0.15, -0.1) is 10.2 Å². The second-order valence-corrected chi connectivity index (χ2v) is 7.30. The second-order valence-electron chi connectivity index (χ2n) is 6.35. The summed E-state index contributed by atoms with van der Waals surface area (Å²) in [5.74, 6) is 1.45. The molecule has 9 nitrogen and oxygen atoms in total. The highest BCUT2D eigenvalue weighted by Gasteiger charge is 2.24. The quantitative estimate of drug-likeness (QED) is 0.615. The summed E-state index contributed by atoms with van der Waals surface area (Å²) in [6.07, 6.45) is 3.38. The van der Waals surface area contributed by atoms with Crippen molar-refractivity contribution in [2.45, 2.75) is 31.0 Å². The molecule has 2 amide bonds. The fourth-order valence-corrected chi connectivity index (χ4v) is 3.73. The number of rotatable bonds is 8. The average Bonchev–Trinajstić information content (AvgIpc) is 3.31. The average molecular weight is 399 g/mol. The van der Waals surface area contributed by atoms with Gasteiger partial charge in [0.25, 0.3) is 0 Å². The van der Waals surface area contributed by atoms with Crippen LogP contribution in [0.5, 0.6) is 0 Å². The zero-order valence-corrected chi connectivity index (χ0v) is 16.4. The number of hydrogen-bond acceptors (Lipinski definition) is 7. The molecule has 2 aromatic heterocycles. The van der Waals surface area contributed by atoms with Crippen molar-refractivity contribution in [1.29, 1.82) is 5.26 Å². The molecule has 0 aromatic carbocycles. The molecule has 10 heteroatoms. The molecule has 28 heavy (non-hydrogen) atoms. The van der Waals surface area contributed by atoms with Crippen LogP contribution < -0.4 is 0 Å². The summed E-state index contributed by atoms with van der Waals surface area (Å²) in [4.78, 5) is 31.9. The summed E-state index contributed by atoms with van der Waals surface area (Å²) in [5.41, 5.74) is 0. The Morgan fingerprint density at radius 1 is 1.39 bits per heavy atom. The third-order valence-electron chi connectivity index (χ3n) is 4.39. The smallest absolute Gasteiger partial charge is 0.232 e. The van der Waals surface area contributed by atoms with Crippen LogP contribution in [0.1, 0.15) is 25.1 Å². The Morgan fingerprint density at radius 2 is 2.25 bits per heavy atom. The normalized spacial score (nSPS) is 13.6. The van der Waals surface area contributed by atoms with E-state index >= 15 is 0 Å². The first kappa shape index (κ1) is 19.8. The minimum Gasteiger partial charge on any atom is -0.344 e. The molecule has 0 saturated carbocycles. The number of hydrogen-bond donors (Lipinski definition) is 0. The number of amides is 2. The topological polar surface area (TPSA) is 108 Å². The van der Waals surface area contributed by atoms with E-state index in [0.29, 0.717) is 49.3 Å². The molecule has 3 heterocycles. The van der Waals surface area contributed by atoms with Gasteiger partial charge < -0.3 is 9.80 Å². The summed E-state index contributed by atoms with van der Waals surface area (Å²) in [6, 6.07) is 7.55. The van der Waals surface area contributed by atoms with E-state index in [1.807, 2.05) is 24.3 Å². The van der Waals surface area contributed by atoms with Gasteiger partial charge in [0.15, 0.2) is 11.0 Å². The number of thioether (sulfide) groups is 1. The molecular weight excluding hydrogens is 378 g/mol. The van der Waals surface area contributed by atoms with Crippen LogP contribution in [-0.2, 0) is 16.1 Å². The van der Waals surface area contributed by atoms with E-state index in [2.05, 4.69) is 15.2 Å². The van der Waals surface area contributed by atoms with Crippen molar-refractivity contribution in [3.05, 3.63) is 30.2 Å². The van der Waals surface area contributed by atoms with Gasteiger partial charge in [-0.1, -0.05) is 17.8 Å². The molecule has 3 rings (SSSR count). The molecule has 146 valence electrons. The Hall–Kier alpha value is -2.93. The fourth-order valence-electron chi connectivity index (χ4n) is 2.83. The van der Waals surface area contributed by atoms with Crippen LogP contribution in [0.3, 0.4) is 0 Å². The van der Waals surface area contributed by atoms with E-state index in [4.69, 9.17) is 5.26 Å². The Balaban J connectivity index is 1.78. The van der Waals surface area contributed by atoms with Gasteiger partial charge in [0.05, 0.1) is 24.8 Å². The zero-order valence-electron chi connectivity index (χ0n) is 15.6. The Morgan fingerprint density at radius 3 is 2.93 bits per heavy atom. The predicted molar refractivity (Wildman–Crippen MR) is 102 cm³/mol. The van der Waals surface area contributed by atoms with Gasteiger partial charge in [-0.3, -0.25) is 14.2 Å². The first-order chi connectivity index (χ1) is 13.6. The summed E-state index contributed by atoms with van der Waals surface area (Å²) < 4.78 is 1.79. The first-order valence-corrected chi connectivity index (χ1v) is 9.96. The van der Waals surface area contributed by atoms with Crippen molar-refractivity contribution in [2.24, 2.45) is 0 Å². The van der Waals surface area contributed by atoms with Crippen LogP contribution in [0.4, 0.5) is 0 Å². The van der Waals surface area contributed by atoms with E-state index in [-0.39, 0.29) is 17.6 Å². The lowest BCUT2D eigenvalue weighted by molar-refractivity contribution is -0.128. The van der Waals surface area contributed by atoms with Gasteiger partial charge >= 0.3 is 0 Å². The number of carbonyl (C=O) groups is 2. The number of nitriles is 1. The maximum absolute atomic E-state index is 12.3. The highest BCUT2D eigenvalue weighted by atomic mass is 32.2. The van der Waals surface area contributed by atoms with E-state index in [0.717, 1.165) is 6.42 Å². The van der Waals surface area contributed by atoms with Crippen molar-refractivity contribution in [1.82, 2.24) is 29.5 Å². The Bertz CT molecular complexity index is 878. The molecule has 1 saturated heterocycles. The van der Waals surface area contributed by atoms with Crippen LogP contribution in [-0.4, -0.2) is 67.3 Å². The third kappa shape index (κ3) is 4.67. The van der Waals surface area contributed by atoms with E-state index in [1.54, 1.807) is 22.7 Å². The lowest BCUT2D eigenvalue weighted by Crippen LogP contribution is -2.29. The van der Waals surface area contributed by atoms with Crippen molar-refractivity contribution >= 4 is 23.6 Å². The molecule has 0 unspecified atom stereocenters. The SMILES string of the molecule is CN(CCC#N)C(=O)CSc1nnc(CN2CCCC2=O)n1-c1ccccn1. The highest BCUT2D eigenvalue weighted by molar-refractivity contribution is 7.99. The number of carbonyl (C=O) groups excluding carboxylic acids is 2. The highest BCUT2D eigenvalue weighted by Crippen LogP contribution is 2.23. The van der Waals surface area contributed by atoms with Gasteiger partial charge in [-0.25, -0.2) is 4.98 Å². The largest absolute Gasteiger partial charge is 0.344 e. The molecule has 0 radical (unpaired) electrons. The second kappa shape index (κ2) is 9.32. The van der Waals surface area contributed by atoms with Gasteiger partial charge in [0, 0.05) is 32.8 Å². The maximum atomic E-state index is 12.3. The number of nitrogens with zero attached hydrogens (tertiary/aromatic N) is 7. The standard InChI is InChI=1S/C18H21N7O2S/c1-23(10-5-8-19)17(27)13-28-18-22-21-15(12-24-11-4-7-16(24)26)25(18)14-6-2-3-9-20-14/h2-3,6,9H,4-5,7,10-13H2,1H3. The van der Waals surface area contributed by atoms with Gasteiger partial charge in [0.1, 0.15) is 5.82 Å². The molecule has 0 atom stereocenters. The summed E-state index contributed by atoms with van der Waals surface area (Å²) in [7, 11) is 1.67. The summed E-state index contributed by atoms with van der Waals surface area (Å²) >= 11 is 1.26. The predicted octanol–water partition coefficient (Wildman–Crippen LogP) is 1.25. The molecule has 1 fully saturated rings. The van der Waals surface area contributed by atoms with Crippen LogP contribution in [0.25, 0.3) is 5.82 Å². The minimum absolute atomic E-state index is 0.0907. The number of likely N-dealkylation sites (tertiary alicyclic amines) is 1. The molecule has 0 aliphatic carbocycles. The van der Waals surface area contributed by atoms with E-state index < -0.39 is 0 Å².